The van der Waals surface area contributed by atoms with E-state index in [-0.39, 0.29) is 5.82 Å². The second-order valence-electron chi connectivity index (χ2n) is 5.10. The molecule has 0 saturated heterocycles. The van der Waals surface area contributed by atoms with E-state index in [1.165, 1.54) is 12.1 Å². The number of thiocarbonyl (C=S) groups is 1. The van der Waals surface area contributed by atoms with Gasteiger partial charge >= 0.3 is 0 Å². The molecular weight excluding hydrogens is 384 g/mol. The molecule has 5 nitrogen and oxygen atoms in total. The Morgan fingerprint density at radius 2 is 1.84 bits per heavy atom. The predicted octanol–water partition coefficient (Wildman–Crippen LogP) is 4.58. The van der Waals surface area contributed by atoms with Crippen LogP contribution in [0, 0.1) is 5.82 Å². The second-order valence-corrected chi connectivity index (χ2v) is 6.32. The van der Waals surface area contributed by atoms with Gasteiger partial charge in [0.2, 0.25) is 5.95 Å². The molecule has 1 heterocycles. The van der Waals surface area contributed by atoms with E-state index in [9.17, 15) is 4.39 Å². The van der Waals surface area contributed by atoms with Gasteiger partial charge in [-0.25, -0.2) is 14.1 Å². The monoisotopic (exact) mass is 395 g/mol. The van der Waals surface area contributed by atoms with Gasteiger partial charge in [0.1, 0.15) is 12.1 Å². The molecule has 0 aliphatic rings. The molecule has 2 N–H and O–H groups in total. The third kappa shape index (κ3) is 4.88. The van der Waals surface area contributed by atoms with Crippen molar-refractivity contribution in [2.24, 2.45) is 0 Å². The molecule has 3 aromatic rings. The van der Waals surface area contributed by atoms with Crippen LogP contribution in [-0.4, -0.2) is 19.9 Å². The summed E-state index contributed by atoms with van der Waals surface area (Å²) in [5.41, 5.74) is 1.60. The van der Waals surface area contributed by atoms with Crippen LogP contribution in [0.25, 0.3) is 0 Å². The maximum atomic E-state index is 12.9. The number of benzene rings is 2. The molecule has 128 valence electrons. The Hall–Kier alpha value is -2.22. The molecule has 3 rings (SSSR count). The number of nitrogens with zero attached hydrogens (tertiary/aromatic N) is 3. The standard InChI is InChI=1S/C16H12Cl2FN5S/c17-13-6-5-12(7-14(13)18)21-16(25)22-15-20-9-24(23-15)8-10-1-3-11(19)4-2-10/h1-7,9H,8H2,(H2,21,22,23,25). The molecule has 2 aromatic carbocycles. The zero-order valence-corrected chi connectivity index (χ0v) is 15.0. The third-order valence-corrected chi connectivity index (χ3v) is 4.14. The molecule has 0 aliphatic carbocycles. The quantitative estimate of drug-likeness (QED) is 0.633. The SMILES string of the molecule is Fc1ccc(Cn2cnc(NC(=S)Nc3ccc(Cl)c(Cl)c3)n2)cc1. The smallest absolute Gasteiger partial charge is 0.248 e. The normalized spacial score (nSPS) is 10.5. The Morgan fingerprint density at radius 3 is 2.56 bits per heavy atom. The summed E-state index contributed by atoms with van der Waals surface area (Å²) in [5, 5.41) is 11.3. The van der Waals surface area contributed by atoms with Crippen LogP contribution in [0.5, 0.6) is 0 Å². The van der Waals surface area contributed by atoms with Crippen molar-refractivity contribution in [1.82, 2.24) is 14.8 Å². The summed E-state index contributed by atoms with van der Waals surface area (Å²) in [5.74, 6) is 0.0723. The van der Waals surface area contributed by atoms with Crippen LogP contribution < -0.4 is 10.6 Å². The predicted molar refractivity (Wildman–Crippen MR) is 102 cm³/mol. The van der Waals surface area contributed by atoms with E-state index in [2.05, 4.69) is 20.7 Å². The first-order valence-corrected chi connectivity index (χ1v) is 8.33. The van der Waals surface area contributed by atoms with Crippen molar-refractivity contribution in [1.29, 1.82) is 0 Å². The fraction of sp³-hybridized carbons (Fsp3) is 0.0625. The van der Waals surface area contributed by atoms with Gasteiger partial charge in [0, 0.05) is 5.69 Å². The van der Waals surface area contributed by atoms with Crippen molar-refractivity contribution in [3.05, 3.63) is 70.2 Å². The molecule has 0 bridgehead atoms. The number of rotatable bonds is 4. The summed E-state index contributed by atoms with van der Waals surface area (Å²) in [7, 11) is 0. The van der Waals surface area contributed by atoms with Gasteiger partial charge in [0.05, 0.1) is 16.6 Å². The van der Waals surface area contributed by atoms with E-state index >= 15 is 0 Å². The molecule has 0 atom stereocenters. The molecule has 0 fully saturated rings. The lowest BCUT2D eigenvalue weighted by Crippen LogP contribution is -2.20. The topological polar surface area (TPSA) is 54.8 Å². The van der Waals surface area contributed by atoms with Gasteiger partial charge in [0.25, 0.3) is 0 Å². The van der Waals surface area contributed by atoms with Gasteiger partial charge in [0.15, 0.2) is 5.11 Å². The zero-order valence-electron chi connectivity index (χ0n) is 12.7. The Morgan fingerprint density at radius 1 is 1.08 bits per heavy atom. The van der Waals surface area contributed by atoms with E-state index in [4.69, 9.17) is 35.4 Å². The molecule has 0 amide bonds. The summed E-state index contributed by atoms with van der Waals surface area (Å²) >= 11 is 17.1. The number of nitrogens with one attached hydrogen (secondary N) is 2. The Labute approximate surface area is 158 Å². The Bertz CT molecular complexity index is 898. The van der Waals surface area contributed by atoms with E-state index in [0.29, 0.717) is 33.3 Å². The highest BCUT2D eigenvalue weighted by Gasteiger charge is 2.06. The average Bonchev–Trinajstić information content (AvgIpc) is 3.00. The van der Waals surface area contributed by atoms with Crippen LogP contribution in [0.2, 0.25) is 10.0 Å². The van der Waals surface area contributed by atoms with Crippen LogP contribution in [0.4, 0.5) is 16.0 Å². The first kappa shape index (κ1) is 17.6. The van der Waals surface area contributed by atoms with Crippen LogP contribution in [0.1, 0.15) is 5.56 Å². The minimum atomic E-state index is -0.275. The molecule has 9 heteroatoms. The molecule has 25 heavy (non-hydrogen) atoms. The van der Waals surface area contributed by atoms with E-state index in [1.807, 2.05) is 0 Å². The number of anilines is 2. The molecule has 0 aliphatic heterocycles. The summed E-state index contributed by atoms with van der Waals surface area (Å²) in [6.45, 7) is 0.474. The highest BCUT2D eigenvalue weighted by atomic mass is 35.5. The van der Waals surface area contributed by atoms with Crippen LogP contribution >= 0.6 is 35.4 Å². The van der Waals surface area contributed by atoms with Gasteiger partial charge in [-0.3, -0.25) is 5.32 Å². The van der Waals surface area contributed by atoms with Crippen molar-refractivity contribution in [3.63, 3.8) is 0 Å². The highest BCUT2D eigenvalue weighted by molar-refractivity contribution is 7.80. The maximum absolute atomic E-state index is 12.9. The van der Waals surface area contributed by atoms with Crippen molar-refractivity contribution < 1.29 is 4.39 Å². The highest BCUT2D eigenvalue weighted by Crippen LogP contribution is 2.25. The summed E-state index contributed by atoms with van der Waals surface area (Å²) in [4.78, 5) is 4.14. The summed E-state index contributed by atoms with van der Waals surface area (Å²) < 4.78 is 14.5. The van der Waals surface area contributed by atoms with Crippen molar-refractivity contribution >= 4 is 52.2 Å². The molecule has 1 aromatic heterocycles. The summed E-state index contributed by atoms with van der Waals surface area (Å²) in [6.07, 6.45) is 1.56. The van der Waals surface area contributed by atoms with Crippen LogP contribution in [-0.2, 0) is 6.54 Å². The van der Waals surface area contributed by atoms with Gasteiger partial charge < -0.3 is 5.32 Å². The van der Waals surface area contributed by atoms with E-state index in [0.717, 1.165) is 5.56 Å². The number of aromatic nitrogens is 3. The lowest BCUT2D eigenvalue weighted by molar-refractivity contribution is 0.624. The first-order valence-electron chi connectivity index (χ1n) is 7.16. The number of hydrogen-bond acceptors (Lipinski definition) is 3. The fourth-order valence-electron chi connectivity index (χ4n) is 2.04. The third-order valence-electron chi connectivity index (χ3n) is 3.20. The maximum Gasteiger partial charge on any atom is 0.248 e. The van der Waals surface area contributed by atoms with Crippen molar-refractivity contribution in [2.45, 2.75) is 6.54 Å². The van der Waals surface area contributed by atoms with Crippen LogP contribution in [0.3, 0.4) is 0 Å². The van der Waals surface area contributed by atoms with Crippen molar-refractivity contribution in [3.8, 4) is 0 Å². The summed E-state index contributed by atoms with van der Waals surface area (Å²) in [6, 6.07) is 11.3. The zero-order chi connectivity index (χ0) is 17.8. The van der Waals surface area contributed by atoms with E-state index < -0.39 is 0 Å². The lowest BCUT2D eigenvalue weighted by atomic mass is 10.2. The number of halogens is 3. The lowest BCUT2D eigenvalue weighted by Gasteiger charge is -2.08. The molecule has 0 spiro atoms. The molecule has 0 unspecified atom stereocenters. The average molecular weight is 396 g/mol. The first-order chi connectivity index (χ1) is 12.0. The minimum absolute atomic E-state index is 0.275. The van der Waals surface area contributed by atoms with Gasteiger partial charge in [-0.15, -0.1) is 5.10 Å². The van der Waals surface area contributed by atoms with Crippen LogP contribution in [0.15, 0.2) is 48.8 Å². The molecule has 0 radical (unpaired) electrons. The number of hydrogen-bond donors (Lipinski definition) is 2. The van der Waals surface area contributed by atoms with Gasteiger partial charge in [-0.05, 0) is 48.1 Å². The Balaban J connectivity index is 1.59. The second kappa shape index (κ2) is 7.77. The largest absolute Gasteiger partial charge is 0.332 e. The Kier molecular flexibility index (Phi) is 5.47. The van der Waals surface area contributed by atoms with E-state index in [1.54, 1.807) is 41.3 Å². The fourth-order valence-corrected chi connectivity index (χ4v) is 2.55. The van der Waals surface area contributed by atoms with Gasteiger partial charge in [-0.1, -0.05) is 35.3 Å². The molecular formula is C16H12Cl2FN5S. The van der Waals surface area contributed by atoms with Crippen molar-refractivity contribution in [2.75, 3.05) is 10.6 Å². The molecule has 0 saturated carbocycles. The minimum Gasteiger partial charge on any atom is -0.332 e. The van der Waals surface area contributed by atoms with Gasteiger partial charge in [-0.2, -0.15) is 0 Å².